The van der Waals surface area contributed by atoms with Crippen molar-refractivity contribution in [3.63, 3.8) is 0 Å². The van der Waals surface area contributed by atoms with Crippen molar-refractivity contribution < 1.29 is 60.8 Å². The molecule has 6 unspecified atom stereocenters. The highest BCUT2D eigenvalue weighted by molar-refractivity contribution is 9.13. The van der Waals surface area contributed by atoms with Crippen LogP contribution in [0.4, 0.5) is 50.4 Å². The Morgan fingerprint density at radius 2 is 1.39 bits per heavy atom. The summed E-state index contributed by atoms with van der Waals surface area (Å²) in [7, 11) is 3.73. The van der Waals surface area contributed by atoms with Gasteiger partial charge in [-0.3, -0.25) is 39.4 Å². The number of carbonyl (C=O) groups excluding carboxylic acids is 4. The fraction of sp³-hybridized carbons (Fsp3) is 0.314. The predicted molar refractivity (Wildman–Crippen MR) is 203 cm³/mol. The quantitative estimate of drug-likeness (QED) is 0.0366. The number of halogens is 9. The normalized spacial score (nSPS) is 26.1. The smallest absolute Gasteiger partial charge is 0.301 e. The van der Waals surface area contributed by atoms with Crippen molar-refractivity contribution in [3.05, 3.63) is 93.7 Å². The first-order chi connectivity index (χ1) is 27.5. The number of ether oxygens (including phenoxy) is 1. The Balaban J connectivity index is 1.46. The third kappa shape index (κ3) is 5.54. The highest BCUT2D eigenvalue weighted by Crippen LogP contribution is 2.67. The fourth-order valence-electron chi connectivity index (χ4n) is 8.60. The molecule has 1 N–H and O–H groups in total. The number of fused-ring (bicyclic) bond motifs is 4. The number of aromatic hydroxyl groups is 1. The van der Waals surface area contributed by atoms with E-state index < -0.39 is 137 Å². The van der Waals surface area contributed by atoms with Crippen LogP contribution >= 0.6 is 55.1 Å². The number of nitro groups is 2. The van der Waals surface area contributed by atoms with E-state index in [-0.39, 0.29) is 37.2 Å². The van der Waals surface area contributed by atoms with Crippen LogP contribution in [0.2, 0.25) is 0 Å². The van der Waals surface area contributed by atoms with Gasteiger partial charge in [-0.05, 0) is 62.2 Å². The number of hydrogen-bond acceptors (Lipinski definition) is 11. The van der Waals surface area contributed by atoms with Gasteiger partial charge in [0.25, 0.3) is 11.8 Å². The average Bonchev–Trinajstić information content (AvgIpc) is 3.52. The van der Waals surface area contributed by atoms with Gasteiger partial charge in [0.2, 0.25) is 17.6 Å². The molecule has 1 saturated carbocycles. The maximum absolute atomic E-state index is 15.4. The van der Waals surface area contributed by atoms with E-state index >= 15 is 8.78 Å². The molecule has 3 fully saturated rings. The van der Waals surface area contributed by atoms with E-state index in [0.717, 1.165) is 30.2 Å². The zero-order valence-corrected chi connectivity index (χ0v) is 34.5. The molecule has 4 aliphatic rings. The molecule has 6 atom stereocenters. The van der Waals surface area contributed by atoms with Crippen molar-refractivity contribution in [2.45, 2.75) is 28.5 Å². The summed E-state index contributed by atoms with van der Waals surface area (Å²) < 4.78 is 79.3. The standard InChI is InChI=1S/C35H22Br2Cl2F5N5O10/c1-45(2)27-15(48(55)56)6-10(7-16(27)49(57)58)46-30(51)12-5-4-11-14(18(12)31(46)52)9-34(38)32(53)47(28-25(43)23(41)22(40)24(42)26(28)44)33(54)35(34,39)19(11)13-8-17(59-3)29(50)21(37)20(13)36/h4,6-8,12,14,18-19,50H,5,9H2,1-3H3. The number of alkyl halides is 2. The third-order valence-electron chi connectivity index (χ3n) is 11.1. The Bertz CT molecular complexity index is 2510. The fourth-order valence-corrected chi connectivity index (χ4v) is 10.5. The minimum Gasteiger partial charge on any atom is -0.503 e. The van der Waals surface area contributed by atoms with Crippen LogP contribution < -0.4 is 19.4 Å². The summed E-state index contributed by atoms with van der Waals surface area (Å²) in [6.07, 6.45) is 0.164. The summed E-state index contributed by atoms with van der Waals surface area (Å²) in [6, 6.07) is 2.72. The van der Waals surface area contributed by atoms with Gasteiger partial charge in [0.1, 0.15) is 5.69 Å². The van der Waals surface area contributed by atoms with Gasteiger partial charge in [-0.25, -0.2) is 31.8 Å². The van der Waals surface area contributed by atoms with E-state index in [0.29, 0.717) is 4.90 Å². The van der Waals surface area contributed by atoms with Crippen LogP contribution in [-0.2, 0) is 19.2 Å². The molecule has 0 bridgehead atoms. The van der Waals surface area contributed by atoms with E-state index in [1.165, 1.54) is 20.2 Å². The molecule has 2 aliphatic carbocycles. The summed E-state index contributed by atoms with van der Waals surface area (Å²) in [5.41, 5.74) is -4.78. The summed E-state index contributed by atoms with van der Waals surface area (Å²) in [5.74, 6) is -25.3. The highest BCUT2D eigenvalue weighted by Gasteiger charge is 2.77. The zero-order chi connectivity index (χ0) is 43.7. The number of phenols is 1. The lowest BCUT2D eigenvalue weighted by atomic mass is 9.56. The topological polar surface area (TPSA) is 194 Å². The number of allylic oxidation sites excluding steroid dienone is 2. The maximum Gasteiger partial charge on any atom is 0.301 e. The first kappa shape index (κ1) is 42.2. The summed E-state index contributed by atoms with van der Waals surface area (Å²) in [5, 5.41) is 35.1. The van der Waals surface area contributed by atoms with E-state index in [9.17, 15) is 57.7 Å². The Morgan fingerprint density at radius 3 is 1.90 bits per heavy atom. The van der Waals surface area contributed by atoms with Crippen LogP contribution in [-0.4, -0.2) is 69.5 Å². The van der Waals surface area contributed by atoms with Crippen LogP contribution in [0.25, 0.3) is 0 Å². The Hall–Kier alpha value is -4.93. The van der Waals surface area contributed by atoms with Gasteiger partial charge in [0.15, 0.2) is 50.2 Å². The second-order valence-electron chi connectivity index (χ2n) is 14.1. The molecule has 2 heterocycles. The molecular formula is C35H22Br2Cl2F5N5O10. The highest BCUT2D eigenvalue weighted by atomic mass is 79.9. The van der Waals surface area contributed by atoms with Crippen molar-refractivity contribution in [1.82, 2.24) is 0 Å². The molecule has 24 heteroatoms. The molecule has 310 valence electrons. The van der Waals surface area contributed by atoms with Crippen LogP contribution in [0, 0.1) is 67.1 Å². The molecule has 0 aromatic heterocycles. The lowest BCUT2D eigenvalue weighted by Crippen LogP contribution is -2.60. The first-order valence-electron chi connectivity index (χ1n) is 16.7. The van der Waals surface area contributed by atoms with E-state index in [2.05, 4.69) is 31.9 Å². The lowest BCUT2D eigenvalue weighted by molar-refractivity contribution is -0.392. The largest absolute Gasteiger partial charge is 0.503 e. The van der Waals surface area contributed by atoms with E-state index in [1.807, 2.05) is 0 Å². The number of rotatable bonds is 7. The molecule has 7 rings (SSSR count). The van der Waals surface area contributed by atoms with E-state index in [1.54, 1.807) is 0 Å². The van der Waals surface area contributed by atoms with Crippen LogP contribution in [0.1, 0.15) is 24.3 Å². The second kappa shape index (κ2) is 14.1. The maximum atomic E-state index is 15.4. The van der Waals surface area contributed by atoms with Crippen molar-refractivity contribution in [3.8, 4) is 11.5 Å². The molecule has 0 spiro atoms. The number of benzene rings is 3. The van der Waals surface area contributed by atoms with Crippen LogP contribution in [0.5, 0.6) is 11.5 Å². The molecular weight excluding hydrogens is 976 g/mol. The second-order valence-corrected chi connectivity index (χ2v) is 16.9. The van der Waals surface area contributed by atoms with Crippen molar-refractivity contribution in [2.75, 3.05) is 35.9 Å². The molecule has 2 aliphatic heterocycles. The monoisotopic (exact) mass is 995 g/mol. The van der Waals surface area contributed by atoms with Gasteiger partial charge in [-0.1, -0.05) is 11.6 Å². The van der Waals surface area contributed by atoms with Gasteiger partial charge in [-0.2, -0.15) is 0 Å². The molecule has 2 saturated heterocycles. The number of carbonyl (C=O) groups is 4. The summed E-state index contributed by atoms with van der Waals surface area (Å²) in [4.78, 5) is 75.7. The summed E-state index contributed by atoms with van der Waals surface area (Å²) >= 11 is 20.8. The number of phenolic OH excluding ortho intramolecular Hbond substituents is 1. The van der Waals surface area contributed by atoms with Gasteiger partial charge in [-0.15, -0.1) is 23.2 Å². The number of nitro benzene ring substituents is 2. The number of amides is 4. The SMILES string of the molecule is COc1cc(C2C3=CCC4C(=O)N(c5cc([N+](=O)[O-])c(N(C)C)c([N+](=O)[O-])c5)C(=O)C4C3CC3(Cl)C(=O)N(c4c(F)c(F)c(F)c(F)c4F)C(=O)C23Cl)c(Br)c(Br)c1O. The number of anilines is 3. The molecule has 15 nitrogen and oxygen atoms in total. The summed E-state index contributed by atoms with van der Waals surface area (Å²) in [6.45, 7) is 0. The molecule has 3 aromatic rings. The van der Waals surface area contributed by atoms with Gasteiger partial charge in [0, 0.05) is 36.6 Å². The van der Waals surface area contributed by atoms with Crippen molar-refractivity contribution in [2.24, 2.45) is 17.8 Å². The zero-order valence-electron chi connectivity index (χ0n) is 29.8. The van der Waals surface area contributed by atoms with Crippen LogP contribution in [0.3, 0.4) is 0 Å². The van der Waals surface area contributed by atoms with Crippen molar-refractivity contribution >= 4 is 107 Å². The van der Waals surface area contributed by atoms with Gasteiger partial charge < -0.3 is 14.7 Å². The molecule has 3 aromatic carbocycles. The third-order valence-corrected chi connectivity index (χ3v) is 14.7. The minimum absolute atomic E-state index is 0.0150. The average molecular weight is 998 g/mol. The number of nitrogens with zero attached hydrogens (tertiary/aromatic N) is 5. The minimum atomic E-state index is -2.93. The lowest BCUT2D eigenvalue weighted by Gasteiger charge is -2.51. The molecule has 0 radical (unpaired) electrons. The number of imide groups is 2. The Labute approximate surface area is 353 Å². The number of hydrogen-bond donors (Lipinski definition) is 1. The number of methoxy groups -OCH3 is 1. The van der Waals surface area contributed by atoms with E-state index in [4.69, 9.17) is 27.9 Å². The molecule has 4 amide bonds. The van der Waals surface area contributed by atoms with Gasteiger partial charge >= 0.3 is 11.4 Å². The Morgan fingerprint density at radius 1 is 0.847 bits per heavy atom. The van der Waals surface area contributed by atoms with Gasteiger partial charge in [0.05, 0.1) is 39.0 Å². The van der Waals surface area contributed by atoms with Crippen LogP contribution in [0.15, 0.2) is 38.8 Å². The Kier molecular flexibility index (Phi) is 10.1. The van der Waals surface area contributed by atoms with Crippen molar-refractivity contribution in [1.29, 1.82) is 0 Å². The molecule has 59 heavy (non-hydrogen) atoms. The first-order valence-corrected chi connectivity index (χ1v) is 19.1. The predicted octanol–water partition coefficient (Wildman–Crippen LogP) is 7.27.